The van der Waals surface area contributed by atoms with Gasteiger partial charge in [0.1, 0.15) is 4.90 Å². The Balaban J connectivity index is 1.59. The first-order valence-electron chi connectivity index (χ1n) is 8.16. The van der Waals surface area contributed by atoms with Gasteiger partial charge in [0.05, 0.1) is 11.1 Å². The van der Waals surface area contributed by atoms with E-state index in [2.05, 4.69) is 4.90 Å². The number of ether oxygens (including phenoxy) is 1. The zero-order valence-corrected chi connectivity index (χ0v) is 14.7. The van der Waals surface area contributed by atoms with Crippen LogP contribution in [0.25, 0.3) is 0 Å². The van der Waals surface area contributed by atoms with Crippen molar-refractivity contribution in [3.05, 3.63) is 29.3 Å². The van der Waals surface area contributed by atoms with Crippen LogP contribution in [0.3, 0.4) is 0 Å². The summed E-state index contributed by atoms with van der Waals surface area (Å²) >= 11 is 6.05. The normalized spacial score (nSPS) is 24.7. The Bertz CT molecular complexity index is 624. The Kier molecular flexibility index (Phi) is 5.59. The van der Waals surface area contributed by atoms with Gasteiger partial charge in [-0.2, -0.15) is 4.31 Å². The summed E-state index contributed by atoms with van der Waals surface area (Å²) in [4.78, 5) is 2.50. The molecule has 0 radical (unpaired) electrons. The van der Waals surface area contributed by atoms with E-state index < -0.39 is 10.0 Å². The minimum absolute atomic E-state index is 0.200. The minimum Gasteiger partial charge on any atom is -0.377 e. The third kappa shape index (κ3) is 4.06. The second kappa shape index (κ2) is 7.49. The summed E-state index contributed by atoms with van der Waals surface area (Å²) < 4.78 is 32.7. The highest BCUT2D eigenvalue weighted by Crippen LogP contribution is 2.25. The van der Waals surface area contributed by atoms with Gasteiger partial charge < -0.3 is 4.74 Å². The van der Waals surface area contributed by atoms with E-state index in [4.69, 9.17) is 16.3 Å². The number of piperazine rings is 1. The standard InChI is InChI=1S/C16H23ClN2O3S/c17-15-6-1-2-7-16(15)23(20,21)19-10-8-18(9-11-19)13-14-5-3-4-12-22-14/h1-2,6-7,14H,3-5,8-13H2/t14-/m1/s1. The van der Waals surface area contributed by atoms with Crippen LogP contribution < -0.4 is 0 Å². The molecule has 5 nitrogen and oxygen atoms in total. The van der Waals surface area contributed by atoms with Gasteiger partial charge in [-0.1, -0.05) is 23.7 Å². The van der Waals surface area contributed by atoms with E-state index in [1.54, 1.807) is 24.3 Å². The molecule has 0 saturated carbocycles. The molecule has 7 heteroatoms. The molecule has 2 aliphatic rings. The predicted octanol–water partition coefficient (Wildman–Crippen LogP) is 2.22. The third-order valence-electron chi connectivity index (χ3n) is 4.52. The first-order chi connectivity index (χ1) is 11.1. The molecule has 0 aliphatic carbocycles. The molecule has 0 spiro atoms. The highest BCUT2D eigenvalue weighted by atomic mass is 35.5. The molecule has 0 amide bonds. The number of benzene rings is 1. The van der Waals surface area contributed by atoms with Crippen LogP contribution in [-0.2, 0) is 14.8 Å². The van der Waals surface area contributed by atoms with Crippen LogP contribution in [0.5, 0.6) is 0 Å². The Hall–Kier alpha value is -0.660. The van der Waals surface area contributed by atoms with Crippen molar-refractivity contribution in [3.8, 4) is 0 Å². The summed E-state index contributed by atoms with van der Waals surface area (Å²) in [6, 6.07) is 6.63. The van der Waals surface area contributed by atoms with Crippen molar-refractivity contribution in [2.45, 2.75) is 30.3 Å². The predicted molar refractivity (Wildman–Crippen MR) is 90.2 cm³/mol. The molecule has 2 aliphatic heterocycles. The average Bonchev–Trinajstić information content (AvgIpc) is 2.56. The Morgan fingerprint density at radius 2 is 1.87 bits per heavy atom. The lowest BCUT2D eigenvalue weighted by molar-refractivity contribution is -0.0103. The molecule has 1 aromatic rings. The highest BCUT2D eigenvalue weighted by molar-refractivity contribution is 7.89. The molecule has 0 bridgehead atoms. The Labute approximate surface area is 143 Å². The number of hydrogen-bond donors (Lipinski definition) is 0. The number of nitrogens with zero attached hydrogens (tertiary/aromatic N) is 2. The second-order valence-corrected chi connectivity index (χ2v) is 8.44. The summed E-state index contributed by atoms with van der Waals surface area (Å²) in [6.07, 6.45) is 3.79. The fourth-order valence-corrected chi connectivity index (χ4v) is 5.10. The molecule has 0 aromatic heterocycles. The van der Waals surface area contributed by atoms with E-state index >= 15 is 0 Å². The summed E-state index contributed by atoms with van der Waals surface area (Å²) in [7, 11) is -3.51. The van der Waals surface area contributed by atoms with E-state index in [0.29, 0.717) is 19.2 Å². The van der Waals surface area contributed by atoms with Gasteiger partial charge in [-0.05, 0) is 31.4 Å². The smallest absolute Gasteiger partial charge is 0.244 e. The van der Waals surface area contributed by atoms with Crippen LogP contribution in [0.15, 0.2) is 29.2 Å². The first kappa shape index (κ1) is 17.2. The van der Waals surface area contributed by atoms with Crippen molar-refractivity contribution in [1.82, 2.24) is 9.21 Å². The molecule has 2 saturated heterocycles. The van der Waals surface area contributed by atoms with Crippen LogP contribution in [-0.4, -0.2) is 63.1 Å². The maximum atomic E-state index is 12.7. The quantitative estimate of drug-likeness (QED) is 0.828. The van der Waals surface area contributed by atoms with Gasteiger partial charge in [-0.15, -0.1) is 0 Å². The molecule has 128 valence electrons. The van der Waals surface area contributed by atoms with Gasteiger partial charge in [-0.25, -0.2) is 8.42 Å². The topological polar surface area (TPSA) is 49.9 Å². The zero-order valence-electron chi connectivity index (χ0n) is 13.2. The average molecular weight is 359 g/mol. The maximum absolute atomic E-state index is 12.7. The fourth-order valence-electron chi connectivity index (χ4n) is 3.18. The molecule has 1 atom stereocenters. The summed E-state index contributed by atoms with van der Waals surface area (Å²) in [6.45, 7) is 4.24. The van der Waals surface area contributed by atoms with Crippen molar-refractivity contribution in [2.75, 3.05) is 39.3 Å². The number of sulfonamides is 1. The molecule has 2 heterocycles. The summed E-state index contributed by atoms with van der Waals surface area (Å²) in [5.41, 5.74) is 0. The van der Waals surface area contributed by atoms with Gasteiger partial charge in [-0.3, -0.25) is 4.90 Å². The molecule has 3 rings (SSSR count). The molecular weight excluding hydrogens is 336 g/mol. The van der Waals surface area contributed by atoms with Crippen LogP contribution >= 0.6 is 11.6 Å². The van der Waals surface area contributed by atoms with Crippen molar-refractivity contribution < 1.29 is 13.2 Å². The van der Waals surface area contributed by atoms with Gasteiger partial charge in [0.25, 0.3) is 0 Å². The van der Waals surface area contributed by atoms with Gasteiger partial charge in [0.2, 0.25) is 10.0 Å². The van der Waals surface area contributed by atoms with Gasteiger partial charge in [0, 0.05) is 39.3 Å². The van der Waals surface area contributed by atoms with Gasteiger partial charge in [0.15, 0.2) is 0 Å². The lowest BCUT2D eigenvalue weighted by Crippen LogP contribution is -2.50. The monoisotopic (exact) mass is 358 g/mol. The summed E-state index contributed by atoms with van der Waals surface area (Å²) in [5.74, 6) is 0. The first-order valence-corrected chi connectivity index (χ1v) is 9.98. The summed E-state index contributed by atoms with van der Waals surface area (Å²) in [5, 5.41) is 0.283. The van der Waals surface area contributed by atoms with E-state index in [0.717, 1.165) is 39.1 Å². The highest BCUT2D eigenvalue weighted by Gasteiger charge is 2.30. The van der Waals surface area contributed by atoms with Crippen LogP contribution in [0.4, 0.5) is 0 Å². The minimum atomic E-state index is -3.51. The molecular formula is C16H23ClN2O3S. The van der Waals surface area contributed by atoms with Crippen LogP contribution in [0, 0.1) is 0 Å². The molecule has 0 unspecified atom stereocenters. The number of rotatable bonds is 4. The van der Waals surface area contributed by atoms with E-state index in [9.17, 15) is 8.42 Å². The van der Waals surface area contributed by atoms with Crippen molar-refractivity contribution in [1.29, 1.82) is 0 Å². The van der Waals surface area contributed by atoms with Crippen molar-refractivity contribution in [3.63, 3.8) is 0 Å². The lowest BCUT2D eigenvalue weighted by Gasteiger charge is -2.36. The number of halogens is 1. The van der Waals surface area contributed by atoms with Crippen LogP contribution in [0.2, 0.25) is 5.02 Å². The largest absolute Gasteiger partial charge is 0.377 e. The van der Waals surface area contributed by atoms with Crippen LogP contribution in [0.1, 0.15) is 19.3 Å². The second-order valence-electron chi connectivity index (χ2n) is 6.12. The third-order valence-corrected chi connectivity index (χ3v) is 6.92. The Morgan fingerprint density at radius 1 is 1.13 bits per heavy atom. The van der Waals surface area contributed by atoms with E-state index in [1.165, 1.54) is 10.7 Å². The number of hydrogen-bond acceptors (Lipinski definition) is 4. The molecule has 0 N–H and O–H groups in total. The van der Waals surface area contributed by atoms with Crippen molar-refractivity contribution >= 4 is 21.6 Å². The SMILES string of the molecule is O=S(=O)(c1ccccc1Cl)N1CCN(C[C@H]2CCCCO2)CC1. The molecule has 1 aromatic carbocycles. The van der Waals surface area contributed by atoms with E-state index in [1.807, 2.05) is 0 Å². The van der Waals surface area contributed by atoms with Crippen molar-refractivity contribution in [2.24, 2.45) is 0 Å². The molecule has 2 fully saturated rings. The van der Waals surface area contributed by atoms with Gasteiger partial charge >= 0.3 is 0 Å². The molecule has 23 heavy (non-hydrogen) atoms. The van der Waals surface area contributed by atoms with E-state index in [-0.39, 0.29) is 9.92 Å². The Morgan fingerprint density at radius 3 is 2.52 bits per heavy atom. The lowest BCUT2D eigenvalue weighted by atomic mass is 10.1. The maximum Gasteiger partial charge on any atom is 0.244 e. The fraction of sp³-hybridized carbons (Fsp3) is 0.625. The zero-order chi connectivity index (χ0) is 16.3.